The zero-order chi connectivity index (χ0) is 15.1. The largest absolute Gasteiger partial charge is 0.395 e. The second-order valence-corrected chi connectivity index (χ2v) is 5.36. The fraction of sp³-hybridized carbons (Fsp3) is 0.143. The molecule has 3 N–H and O–H groups in total. The highest BCUT2D eigenvalue weighted by Gasteiger charge is 2.06. The summed E-state index contributed by atoms with van der Waals surface area (Å²) in [5.74, 6) is 5.65. The summed E-state index contributed by atoms with van der Waals surface area (Å²) < 4.78 is 0. The van der Waals surface area contributed by atoms with Crippen LogP contribution in [-0.2, 0) is 0 Å². The molecule has 2 rings (SSSR count). The number of hydrogen-bond acceptors (Lipinski definition) is 4. The topological polar surface area (TPSA) is 74.2 Å². The number of carbonyl (C=O) groups excluding carboxylic acids is 1. The minimum atomic E-state index is -0.387. The van der Waals surface area contributed by atoms with E-state index in [1.54, 1.807) is 30.5 Å². The van der Waals surface area contributed by atoms with Crippen molar-refractivity contribution < 1.29 is 9.90 Å². The first-order valence-electron chi connectivity index (χ1n) is 6.06. The molecule has 1 aromatic heterocycles. The lowest BCUT2D eigenvalue weighted by Gasteiger charge is -2.04. The van der Waals surface area contributed by atoms with Crippen LogP contribution in [-0.4, -0.2) is 22.7 Å². The summed E-state index contributed by atoms with van der Waals surface area (Å²) in [5.41, 5.74) is 0.636. The number of anilines is 2. The van der Waals surface area contributed by atoms with Crippen LogP contribution in [0, 0.1) is 11.8 Å². The number of hydrogen-bond donors (Lipinski definition) is 3. The fourth-order valence-corrected chi connectivity index (χ4v) is 2.20. The van der Waals surface area contributed by atoms with Crippen LogP contribution < -0.4 is 10.6 Å². The lowest BCUT2D eigenvalue weighted by Crippen LogP contribution is -2.19. The van der Waals surface area contributed by atoms with Gasteiger partial charge in [-0.05, 0) is 24.3 Å². The molecule has 0 fully saturated rings. The maximum absolute atomic E-state index is 11.8. The fourth-order valence-electron chi connectivity index (χ4n) is 1.39. The van der Waals surface area contributed by atoms with E-state index < -0.39 is 0 Å². The van der Waals surface area contributed by atoms with Crippen molar-refractivity contribution in [1.29, 1.82) is 0 Å². The van der Waals surface area contributed by atoms with Crippen LogP contribution in [0.2, 0.25) is 5.02 Å². The minimum absolute atomic E-state index is 0.0282. The van der Waals surface area contributed by atoms with Crippen molar-refractivity contribution in [2.45, 2.75) is 6.42 Å². The molecule has 2 amide bonds. The lowest BCUT2D eigenvalue weighted by molar-refractivity contribution is 0.262. The molecule has 21 heavy (non-hydrogen) atoms. The third-order valence-corrected chi connectivity index (χ3v) is 3.36. The molecular weight excluding hydrogens is 310 g/mol. The van der Waals surface area contributed by atoms with E-state index in [1.165, 1.54) is 11.3 Å². The molecule has 108 valence electrons. The number of amides is 2. The van der Waals surface area contributed by atoms with Crippen molar-refractivity contribution in [3.63, 3.8) is 0 Å². The second kappa shape index (κ2) is 7.64. The van der Waals surface area contributed by atoms with E-state index in [0.717, 1.165) is 4.88 Å². The maximum Gasteiger partial charge on any atom is 0.325 e. The predicted octanol–water partition coefficient (Wildman–Crippen LogP) is 3.17. The van der Waals surface area contributed by atoms with Gasteiger partial charge in [0.25, 0.3) is 0 Å². The third kappa shape index (κ3) is 5.08. The van der Waals surface area contributed by atoms with E-state index in [0.29, 0.717) is 22.3 Å². The minimum Gasteiger partial charge on any atom is -0.395 e. The van der Waals surface area contributed by atoms with Crippen LogP contribution >= 0.6 is 22.9 Å². The van der Waals surface area contributed by atoms with Crippen molar-refractivity contribution in [1.82, 2.24) is 4.98 Å². The molecule has 0 bridgehead atoms. The van der Waals surface area contributed by atoms with Gasteiger partial charge in [0.2, 0.25) is 0 Å². The first kappa shape index (κ1) is 15.3. The van der Waals surface area contributed by atoms with Gasteiger partial charge in [0.05, 0.1) is 17.7 Å². The van der Waals surface area contributed by atoms with Crippen LogP contribution in [0.5, 0.6) is 0 Å². The average molecular weight is 322 g/mol. The molecular formula is C14H12ClN3O2S. The van der Waals surface area contributed by atoms with Crippen molar-refractivity contribution in [2.75, 3.05) is 17.2 Å². The van der Waals surface area contributed by atoms with E-state index in [1.807, 2.05) is 0 Å². The maximum atomic E-state index is 11.8. The van der Waals surface area contributed by atoms with Crippen LogP contribution in [0.1, 0.15) is 11.3 Å². The van der Waals surface area contributed by atoms with E-state index in [4.69, 9.17) is 16.7 Å². The Hall–Kier alpha value is -2.07. The molecule has 2 aromatic rings. The van der Waals surface area contributed by atoms with Gasteiger partial charge in [-0.2, -0.15) is 0 Å². The van der Waals surface area contributed by atoms with Crippen LogP contribution in [0.3, 0.4) is 0 Å². The zero-order valence-electron chi connectivity index (χ0n) is 10.9. The van der Waals surface area contributed by atoms with E-state index in [9.17, 15) is 4.79 Å². The van der Waals surface area contributed by atoms with E-state index in [-0.39, 0.29) is 12.6 Å². The molecule has 1 aromatic carbocycles. The molecule has 0 saturated heterocycles. The Morgan fingerprint density at radius 2 is 2.10 bits per heavy atom. The summed E-state index contributed by atoms with van der Waals surface area (Å²) in [7, 11) is 0. The summed E-state index contributed by atoms with van der Waals surface area (Å²) in [6, 6.07) is 6.40. The van der Waals surface area contributed by atoms with Crippen LogP contribution in [0.15, 0.2) is 30.5 Å². The predicted molar refractivity (Wildman–Crippen MR) is 84.8 cm³/mol. The van der Waals surface area contributed by atoms with E-state index in [2.05, 4.69) is 27.5 Å². The standard InChI is InChI=1S/C14H12ClN3O2S/c15-10-4-6-11(7-5-10)17-13(20)18-14-16-9-12(21-14)3-1-2-8-19/h4-7,9,19H,2,8H2,(H2,16,17,18,20). The van der Waals surface area contributed by atoms with E-state index >= 15 is 0 Å². The number of nitrogens with zero attached hydrogens (tertiary/aromatic N) is 1. The van der Waals surface area contributed by atoms with Gasteiger partial charge < -0.3 is 10.4 Å². The van der Waals surface area contributed by atoms with Crippen molar-refractivity contribution in [3.05, 3.63) is 40.4 Å². The van der Waals surface area contributed by atoms with Gasteiger partial charge in [-0.25, -0.2) is 9.78 Å². The highest BCUT2D eigenvalue weighted by Crippen LogP contribution is 2.18. The Morgan fingerprint density at radius 3 is 2.81 bits per heavy atom. The number of rotatable bonds is 3. The Balaban J connectivity index is 1.91. The highest BCUT2D eigenvalue weighted by atomic mass is 35.5. The summed E-state index contributed by atoms with van der Waals surface area (Å²) >= 11 is 7.03. The van der Waals surface area contributed by atoms with Crippen molar-refractivity contribution in [3.8, 4) is 11.8 Å². The summed E-state index contributed by atoms with van der Waals surface area (Å²) in [6.07, 6.45) is 1.99. The molecule has 0 saturated carbocycles. The average Bonchev–Trinajstić information content (AvgIpc) is 2.89. The molecule has 5 nitrogen and oxygen atoms in total. The van der Waals surface area contributed by atoms with Gasteiger partial charge >= 0.3 is 6.03 Å². The van der Waals surface area contributed by atoms with Gasteiger partial charge in [0.1, 0.15) is 0 Å². The van der Waals surface area contributed by atoms with Gasteiger partial charge in [-0.15, -0.1) is 0 Å². The van der Waals surface area contributed by atoms with Gasteiger partial charge in [-0.1, -0.05) is 34.8 Å². The number of aliphatic hydroxyl groups is 1. The molecule has 0 atom stereocenters. The number of thiazole rings is 1. The molecule has 0 radical (unpaired) electrons. The second-order valence-electron chi connectivity index (χ2n) is 3.89. The van der Waals surface area contributed by atoms with Gasteiger partial charge in [0, 0.05) is 17.1 Å². The molecule has 0 aliphatic rings. The Labute approximate surface area is 131 Å². The SMILES string of the molecule is O=C(Nc1ccc(Cl)cc1)Nc1ncc(C#CCCO)s1. The zero-order valence-corrected chi connectivity index (χ0v) is 12.5. The number of urea groups is 1. The normalized spacial score (nSPS) is 9.62. The smallest absolute Gasteiger partial charge is 0.325 e. The quantitative estimate of drug-likeness (QED) is 0.760. The number of benzene rings is 1. The first-order chi connectivity index (χ1) is 10.2. The monoisotopic (exact) mass is 321 g/mol. The Morgan fingerprint density at radius 1 is 1.33 bits per heavy atom. The van der Waals surface area contributed by atoms with Crippen molar-refractivity contribution in [2.24, 2.45) is 0 Å². The lowest BCUT2D eigenvalue weighted by atomic mass is 10.3. The van der Waals surface area contributed by atoms with Gasteiger partial charge in [-0.3, -0.25) is 5.32 Å². The summed E-state index contributed by atoms with van der Waals surface area (Å²) in [5, 5.41) is 15.0. The molecule has 0 unspecified atom stereocenters. The van der Waals surface area contributed by atoms with Crippen molar-refractivity contribution >= 4 is 39.8 Å². The number of aromatic nitrogens is 1. The number of nitrogens with one attached hydrogen (secondary N) is 2. The van der Waals surface area contributed by atoms with Gasteiger partial charge in [0.15, 0.2) is 5.13 Å². The molecule has 0 aliphatic carbocycles. The summed E-state index contributed by atoms with van der Waals surface area (Å²) in [6.45, 7) is 0.0282. The van der Waals surface area contributed by atoms with Crippen LogP contribution in [0.4, 0.5) is 15.6 Å². The molecule has 0 aliphatic heterocycles. The molecule has 7 heteroatoms. The third-order valence-electron chi connectivity index (χ3n) is 2.28. The first-order valence-corrected chi connectivity index (χ1v) is 7.26. The number of aliphatic hydroxyl groups excluding tert-OH is 1. The molecule has 1 heterocycles. The summed E-state index contributed by atoms with van der Waals surface area (Å²) in [4.78, 5) is 16.6. The molecule has 0 spiro atoms. The van der Waals surface area contributed by atoms with Crippen LogP contribution in [0.25, 0.3) is 0 Å². The highest BCUT2D eigenvalue weighted by molar-refractivity contribution is 7.16. The number of carbonyl (C=O) groups is 1. The Bertz CT molecular complexity index is 674. The Kier molecular flexibility index (Phi) is 5.58. The number of halogens is 1.